The van der Waals surface area contributed by atoms with Crippen LogP contribution >= 0.6 is 0 Å². The summed E-state index contributed by atoms with van der Waals surface area (Å²) < 4.78 is 0. The number of carbonyl (C=O) groups is 1. The van der Waals surface area contributed by atoms with E-state index in [-0.39, 0.29) is 23.7 Å². The summed E-state index contributed by atoms with van der Waals surface area (Å²) >= 11 is 0. The van der Waals surface area contributed by atoms with Crippen LogP contribution in [-0.4, -0.2) is 27.3 Å². The molecule has 4 bridgehead atoms. The second-order valence-electron chi connectivity index (χ2n) is 8.68. The molecule has 0 spiro atoms. The van der Waals surface area contributed by atoms with Crippen molar-refractivity contribution in [2.75, 3.05) is 0 Å². The lowest BCUT2D eigenvalue weighted by Crippen LogP contribution is -2.47. The van der Waals surface area contributed by atoms with Gasteiger partial charge in [0.15, 0.2) is 0 Å². The summed E-state index contributed by atoms with van der Waals surface area (Å²) in [7, 11) is 0. The maximum Gasteiger partial charge on any atom is 0.240 e. The van der Waals surface area contributed by atoms with Gasteiger partial charge in [-0.25, -0.2) is 5.43 Å². The van der Waals surface area contributed by atoms with E-state index in [1.807, 2.05) is 0 Å². The predicted octanol–water partition coefficient (Wildman–Crippen LogP) is 2.64. The number of amides is 1. The molecule has 0 unspecified atom stereocenters. The number of hydrogen-bond donors (Lipinski definition) is 3. The Hall–Kier alpha value is -1.95. The van der Waals surface area contributed by atoms with Crippen molar-refractivity contribution < 1.29 is 15.0 Å². The zero-order chi connectivity index (χ0) is 18.3. The van der Waals surface area contributed by atoms with E-state index >= 15 is 0 Å². The van der Waals surface area contributed by atoms with Crippen molar-refractivity contribution >= 4 is 12.1 Å². The largest absolute Gasteiger partial charge is 0.505 e. The molecule has 26 heavy (non-hydrogen) atoms. The number of aliphatic hydroxyl groups is 1. The molecule has 4 saturated carbocycles. The molecule has 5 rings (SSSR count). The molecule has 0 aliphatic heterocycles. The van der Waals surface area contributed by atoms with Gasteiger partial charge in [-0.3, -0.25) is 9.78 Å². The van der Waals surface area contributed by atoms with Gasteiger partial charge in [-0.05, 0) is 68.6 Å². The van der Waals surface area contributed by atoms with Gasteiger partial charge in [-0.2, -0.15) is 5.10 Å². The van der Waals surface area contributed by atoms with E-state index in [1.54, 1.807) is 6.92 Å². The SMILES string of the molecule is Cc1ncc(CO)c(/C=N/NC(=O)CC23CC4CC(CC(C4)C2)C3)c1O. The Morgan fingerprint density at radius 2 is 1.92 bits per heavy atom. The van der Waals surface area contributed by atoms with Crippen molar-refractivity contribution in [1.82, 2.24) is 10.4 Å². The highest BCUT2D eigenvalue weighted by atomic mass is 16.3. The molecule has 4 aliphatic rings. The topological polar surface area (TPSA) is 94.8 Å². The number of hydrazone groups is 1. The lowest BCUT2D eigenvalue weighted by Gasteiger charge is -2.56. The number of carbonyl (C=O) groups excluding carboxylic acids is 1. The first-order valence-corrected chi connectivity index (χ1v) is 9.58. The van der Waals surface area contributed by atoms with E-state index in [0.29, 0.717) is 23.2 Å². The first kappa shape index (κ1) is 17.5. The number of aromatic nitrogens is 1. The van der Waals surface area contributed by atoms with Crippen molar-refractivity contribution in [3.63, 3.8) is 0 Å². The van der Waals surface area contributed by atoms with Gasteiger partial charge in [-0.1, -0.05) is 0 Å². The number of aryl methyl sites for hydroxylation is 1. The second kappa shape index (κ2) is 6.65. The maximum absolute atomic E-state index is 12.5. The van der Waals surface area contributed by atoms with Crippen LogP contribution < -0.4 is 5.43 Å². The number of rotatable bonds is 5. The molecule has 6 nitrogen and oxygen atoms in total. The highest BCUT2D eigenvalue weighted by molar-refractivity contribution is 5.87. The van der Waals surface area contributed by atoms with E-state index in [0.717, 1.165) is 17.8 Å². The summed E-state index contributed by atoms with van der Waals surface area (Å²) in [4.78, 5) is 16.5. The van der Waals surface area contributed by atoms with Crippen LogP contribution in [0.1, 0.15) is 61.8 Å². The fourth-order valence-corrected chi connectivity index (χ4v) is 5.98. The summed E-state index contributed by atoms with van der Waals surface area (Å²) in [6, 6.07) is 0. The Bertz CT molecular complexity index is 709. The Labute approximate surface area is 153 Å². The highest BCUT2D eigenvalue weighted by Crippen LogP contribution is 2.61. The Kier molecular flexibility index (Phi) is 4.47. The molecule has 0 atom stereocenters. The van der Waals surface area contributed by atoms with E-state index in [4.69, 9.17) is 0 Å². The smallest absolute Gasteiger partial charge is 0.240 e. The predicted molar refractivity (Wildman–Crippen MR) is 97.5 cm³/mol. The number of aromatic hydroxyl groups is 1. The molecule has 140 valence electrons. The van der Waals surface area contributed by atoms with Crippen molar-refractivity contribution in [3.05, 3.63) is 23.0 Å². The monoisotopic (exact) mass is 357 g/mol. The lowest BCUT2D eigenvalue weighted by molar-refractivity contribution is -0.129. The Balaban J connectivity index is 1.41. The highest BCUT2D eigenvalue weighted by Gasteiger charge is 2.51. The number of hydrogen-bond acceptors (Lipinski definition) is 5. The zero-order valence-electron chi connectivity index (χ0n) is 15.2. The van der Waals surface area contributed by atoms with Crippen LogP contribution in [0.2, 0.25) is 0 Å². The quantitative estimate of drug-likeness (QED) is 0.558. The van der Waals surface area contributed by atoms with Crippen LogP contribution in [0.4, 0.5) is 0 Å². The number of nitrogens with one attached hydrogen (secondary N) is 1. The molecule has 1 heterocycles. The van der Waals surface area contributed by atoms with Crippen LogP contribution in [0, 0.1) is 30.1 Å². The molecule has 0 radical (unpaired) electrons. The molecule has 1 aromatic heterocycles. The molecular formula is C20H27N3O3. The molecule has 1 aromatic rings. The van der Waals surface area contributed by atoms with Gasteiger partial charge in [-0.15, -0.1) is 0 Å². The summed E-state index contributed by atoms with van der Waals surface area (Å²) in [5.41, 5.74) is 4.14. The van der Waals surface area contributed by atoms with Crippen LogP contribution in [0.15, 0.2) is 11.3 Å². The molecule has 3 N–H and O–H groups in total. The van der Waals surface area contributed by atoms with Gasteiger partial charge in [0.1, 0.15) is 5.75 Å². The first-order valence-electron chi connectivity index (χ1n) is 9.58. The minimum atomic E-state index is -0.247. The van der Waals surface area contributed by atoms with E-state index < -0.39 is 0 Å². The standard InChI is InChI=1S/C20H27N3O3/c1-12-19(26)17(16(11-24)9-21-12)10-22-23-18(25)8-20-5-13-2-14(6-20)4-15(3-13)7-20/h9-10,13-15,24,26H,2-8,11H2,1H3,(H,23,25)/b22-10+. The summed E-state index contributed by atoms with van der Waals surface area (Å²) in [6.45, 7) is 1.43. The first-order chi connectivity index (χ1) is 12.5. The third-order valence-corrected chi connectivity index (χ3v) is 6.61. The van der Waals surface area contributed by atoms with Crippen LogP contribution in [0.5, 0.6) is 5.75 Å². The van der Waals surface area contributed by atoms with Crippen molar-refractivity contribution in [2.45, 2.75) is 58.5 Å². The summed E-state index contributed by atoms with van der Waals surface area (Å²) in [5.74, 6) is 2.39. The average Bonchev–Trinajstić information content (AvgIpc) is 2.57. The zero-order valence-corrected chi connectivity index (χ0v) is 15.2. The van der Waals surface area contributed by atoms with Crippen molar-refractivity contribution in [1.29, 1.82) is 0 Å². The average molecular weight is 357 g/mol. The van der Waals surface area contributed by atoms with E-state index in [2.05, 4.69) is 15.5 Å². The van der Waals surface area contributed by atoms with Crippen molar-refractivity contribution in [2.24, 2.45) is 28.3 Å². The Morgan fingerprint density at radius 1 is 1.31 bits per heavy atom. The minimum Gasteiger partial charge on any atom is -0.505 e. The number of aliphatic hydroxyl groups excluding tert-OH is 1. The number of nitrogens with zero attached hydrogens (tertiary/aromatic N) is 2. The second-order valence-corrected chi connectivity index (χ2v) is 8.68. The van der Waals surface area contributed by atoms with Crippen LogP contribution in [0.25, 0.3) is 0 Å². The summed E-state index contributed by atoms with van der Waals surface area (Å²) in [6.07, 6.45) is 11.1. The maximum atomic E-state index is 12.5. The third-order valence-electron chi connectivity index (χ3n) is 6.61. The molecule has 1 amide bonds. The fraction of sp³-hybridized carbons (Fsp3) is 0.650. The van der Waals surface area contributed by atoms with Gasteiger partial charge >= 0.3 is 0 Å². The minimum absolute atomic E-state index is 0.0179. The van der Waals surface area contributed by atoms with Crippen molar-refractivity contribution in [3.8, 4) is 5.75 Å². The van der Waals surface area contributed by atoms with Crippen LogP contribution in [0.3, 0.4) is 0 Å². The summed E-state index contributed by atoms with van der Waals surface area (Å²) in [5, 5.41) is 23.5. The normalized spacial score (nSPS) is 32.3. The molecule has 4 fully saturated rings. The van der Waals surface area contributed by atoms with E-state index in [1.165, 1.54) is 50.9 Å². The molecule has 0 saturated heterocycles. The van der Waals surface area contributed by atoms with Gasteiger partial charge in [0.25, 0.3) is 0 Å². The lowest BCUT2D eigenvalue weighted by atomic mass is 9.49. The van der Waals surface area contributed by atoms with Gasteiger partial charge in [0, 0.05) is 23.7 Å². The van der Waals surface area contributed by atoms with E-state index in [9.17, 15) is 15.0 Å². The van der Waals surface area contributed by atoms with Gasteiger partial charge < -0.3 is 10.2 Å². The molecular weight excluding hydrogens is 330 g/mol. The molecule has 4 aliphatic carbocycles. The fourth-order valence-electron chi connectivity index (χ4n) is 5.98. The van der Waals surface area contributed by atoms with Gasteiger partial charge in [0.05, 0.1) is 18.5 Å². The molecule has 0 aromatic carbocycles. The van der Waals surface area contributed by atoms with Gasteiger partial charge in [0.2, 0.25) is 5.91 Å². The Morgan fingerprint density at radius 3 is 2.50 bits per heavy atom. The van der Waals surface area contributed by atoms with Crippen LogP contribution in [-0.2, 0) is 11.4 Å². The third kappa shape index (κ3) is 3.22. The number of pyridine rings is 1. The molecule has 6 heteroatoms.